The van der Waals surface area contributed by atoms with Gasteiger partial charge in [0.15, 0.2) is 9.92 Å². The summed E-state index contributed by atoms with van der Waals surface area (Å²) in [5.41, 5.74) is 3.50. The highest BCUT2D eigenvalue weighted by Gasteiger charge is 2.30. The molecule has 2 atom stereocenters. The van der Waals surface area contributed by atoms with Crippen molar-refractivity contribution in [3.63, 3.8) is 0 Å². The van der Waals surface area contributed by atoms with Crippen molar-refractivity contribution in [1.29, 1.82) is 4.78 Å². The molecule has 1 fully saturated rings. The lowest BCUT2D eigenvalue weighted by atomic mass is 9.73. The number of aryl methyl sites for hydroxylation is 1. The molecule has 2 aromatic rings. The number of hydrogen-bond donors (Lipinski definition) is 4. The molecule has 0 saturated heterocycles. The summed E-state index contributed by atoms with van der Waals surface area (Å²) in [4.78, 5) is 12.8. The third-order valence-corrected chi connectivity index (χ3v) is 7.96. The number of carbonyl (C=O) groups is 1. The molecule has 31 heavy (non-hydrogen) atoms. The summed E-state index contributed by atoms with van der Waals surface area (Å²) in [6, 6.07) is 4.94. The van der Waals surface area contributed by atoms with Crippen molar-refractivity contribution >= 4 is 21.6 Å². The number of fused-ring (bicyclic) bond motifs is 1. The summed E-state index contributed by atoms with van der Waals surface area (Å²) in [6.45, 7) is 5.33. The van der Waals surface area contributed by atoms with Crippen LogP contribution in [0.5, 0.6) is 0 Å². The average Bonchev–Trinajstić information content (AvgIpc) is 3.29. The SMILES string of the molecule is CC(c1ccc2c(c1NC(=O)NS(=N)(=O)c1cc(C(C)(C)O)co1)CCC2)C1CCC1. The van der Waals surface area contributed by atoms with Crippen molar-refractivity contribution < 1.29 is 18.5 Å². The van der Waals surface area contributed by atoms with Gasteiger partial charge in [0.05, 0.1) is 11.9 Å². The molecule has 7 nitrogen and oxygen atoms in total. The van der Waals surface area contributed by atoms with Gasteiger partial charge in [-0.25, -0.2) is 18.5 Å². The Bertz CT molecular complexity index is 1090. The summed E-state index contributed by atoms with van der Waals surface area (Å²) in [7, 11) is -3.72. The van der Waals surface area contributed by atoms with Gasteiger partial charge < -0.3 is 14.8 Å². The molecule has 8 heteroatoms. The van der Waals surface area contributed by atoms with Crippen molar-refractivity contribution in [3.8, 4) is 0 Å². The van der Waals surface area contributed by atoms with E-state index in [2.05, 4.69) is 29.1 Å². The lowest BCUT2D eigenvalue weighted by Crippen LogP contribution is -2.34. The molecule has 0 bridgehead atoms. The first-order valence-electron chi connectivity index (χ1n) is 10.9. The first-order chi connectivity index (χ1) is 14.6. The van der Waals surface area contributed by atoms with E-state index in [4.69, 9.17) is 9.20 Å². The van der Waals surface area contributed by atoms with Gasteiger partial charge in [0.2, 0.25) is 5.09 Å². The molecule has 1 heterocycles. The molecule has 1 aromatic heterocycles. The number of anilines is 1. The number of aliphatic hydroxyl groups is 1. The molecule has 2 aliphatic carbocycles. The number of nitrogens with one attached hydrogen (secondary N) is 3. The summed E-state index contributed by atoms with van der Waals surface area (Å²) in [5.74, 6) is 0.946. The Morgan fingerprint density at radius 3 is 2.65 bits per heavy atom. The van der Waals surface area contributed by atoms with Crippen LogP contribution < -0.4 is 10.0 Å². The van der Waals surface area contributed by atoms with Crippen molar-refractivity contribution in [2.75, 3.05) is 5.32 Å². The zero-order valence-corrected chi connectivity index (χ0v) is 19.1. The number of benzene rings is 1. The summed E-state index contributed by atoms with van der Waals surface area (Å²) in [6.07, 6.45) is 7.85. The molecule has 0 aliphatic heterocycles. The molecule has 168 valence electrons. The molecule has 2 amide bonds. The molecular formula is C23H31N3O4S. The van der Waals surface area contributed by atoms with Crippen molar-refractivity contribution in [2.24, 2.45) is 5.92 Å². The fraction of sp³-hybridized carbons (Fsp3) is 0.522. The molecule has 2 unspecified atom stereocenters. The van der Waals surface area contributed by atoms with Crippen LogP contribution in [-0.4, -0.2) is 15.3 Å². The number of furan rings is 1. The zero-order valence-electron chi connectivity index (χ0n) is 18.3. The molecule has 2 aliphatic rings. The van der Waals surface area contributed by atoms with Crippen molar-refractivity contribution in [1.82, 2.24) is 4.72 Å². The smallest absolute Gasteiger partial charge is 0.332 e. The molecule has 4 N–H and O–H groups in total. The first kappa shape index (κ1) is 21.9. The van der Waals surface area contributed by atoms with Crippen molar-refractivity contribution in [3.05, 3.63) is 46.7 Å². The number of hydrogen-bond acceptors (Lipinski definition) is 5. The second-order valence-corrected chi connectivity index (χ2v) is 11.0. The average molecular weight is 446 g/mol. The molecular weight excluding hydrogens is 414 g/mol. The lowest BCUT2D eigenvalue weighted by Gasteiger charge is -2.33. The van der Waals surface area contributed by atoms with Crippen LogP contribution in [0, 0.1) is 10.7 Å². The van der Waals surface area contributed by atoms with Gasteiger partial charge in [0.1, 0.15) is 0 Å². The van der Waals surface area contributed by atoms with Crippen LogP contribution in [0.1, 0.15) is 74.6 Å². The minimum Gasteiger partial charge on any atom is -0.452 e. The van der Waals surface area contributed by atoms with Crippen LogP contribution in [0.25, 0.3) is 0 Å². The van der Waals surface area contributed by atoms with Crippen LogP contribution in [-0.2, 0) is 28.4 Å². The largest absolute Gasteiger partial charge is 0.452 e. The Morgan fingerprint density at radius 1 is 1.29 bits per heavy atom. The highest BCUT2D eigenvalue weighted by Crippen LogP contribution is 2.44. The molecule has 0 radical (unpaired) electrons. The molecule has 0 spiro atoms. The highest BCUT2D eigenvalue weighted by molar-refractivity contribution is 7.91. The maximum Gasteiger partial charge on any atom is 0.332 e. The van der Waals surface area contributed by atoms with E-state index >= 15 is 0 Å². The van der Waals surface area contributed by atoms with E-state index in [9.17, 15) is 14.1 Å². The van der Waals surface area contributed by atoms with Crippen LogP contribution >= 0.6 is 0 Å². The minimum absolute atomic E-state index is 0.193. The summed E-state index contributed by atoms with van der Waals surface area (Å²) >= 11 is 0. The van der Waals surface area contributed by atoms with E-state index in [0.29, 0.717) is 17.4 Å². The predicted molar refractivity (Wildman–Crippen MR) is 119 cm³/mol. The highest BCUT2D eigenvalue weighted by atomic mass is 32.2. The Kier molecular flexibility index (Phi) is 5.64. The van der Waals surface area contributed by atoms with Gasteiger partial charge in [0.25, 0.3) is 0 Å². The number of urea groups is 1. The van der Waals surface area contributed by atoms with Gasteiger partial charge in [-0.05, 0) is 74.5 Å². The van der Waals surface area contributed by atoms with Crippen LogP contribution in [0.2, 0.25) is 0 Å². The fourth-order valence-corrected chi connectivity index (χ4v) is 5.40. The number of rotatable bonds is 6. The van der Waals surface area contributed by atoms with Crippen LogP contribution in [0.15, 0.2) is 34.0 Å². The zero-order chi connectivity index (χ0) is 22.4. The number of amides is 2. The topological polar surface area (TPSA) is 115 Å². The lowest BCUT2D eigenvalue weighted by molar-refractivity contribution is 0.0779. The van der Waals surface area contributed by atoms with E-state index in [1.807, 2.05) is 0 Å². The Labute approximate surface area is 183 Å². The summed E-state index contributed by atoms with van der Waals surface area (Å²) in [5, 5.41) is 12.8. The van der Waals surface area contributed by atoms with Gasteiger partial charge >= 0.3 is 6.03 Å². The van der Waals surface area contributed by atoms with E-state index < -0.39 is 21.5 Å². The Balaban J connectivity index is 1.57. The standard InChI is InChI=1S/C23H31N3O4S/c1-14(15-6-4-7-15)18-11-10-16-8-5-9-19(16)21(18)25-22(27)26-31(24,29)20-12-17(13-30-20)23(2,3)28/h10-15,28H,4-9H2,1-3H3,(H3,24,25,26,27,29). The quantitative estimate of drug-likeness (QED) is 0.498. The fourth-order valence-electron chi connectivity index (χ4n) is 4.51. The van der Waals surface area contributed by atoms with E-state index in [1.54, 1.807) is 13.8 Å². The van der Waals surface area contributed by atoms with Crippen LogP contribution in [0.4, 0.5) is 10.5 Å². The third kappa shape index (κ3) is 4.36. The van der Waals surface area contributed by atoms with E-state index in [0.717, 1.165) is 36.1 Å². The normalized spacial score (nSPS) is 19.2. The second kappa shape index (κ2) is 7.98. The maximum absolute atomic E-state index is 12.9. The van der Waals surface area contributed by atoms with E-state index in [1.165, 1.54) is 37.2 Å². The Morgan fingerprint density at radius 2 is 2.03 bits per heavy atom. The van der Waals surface area contributed by atoms with Gasteiger partial charge in [-0.2, -0.15) is 0 Å². The second-order valence-electron chi connectivity index (χ2n) is 9.33. The monoisotopic (exact) mass is 445 g/mol. The van der Waals surface area contributed by atoms with Crippen molar-refractivity contribution in [2.45, 2.75) is 75.9 Å². The summed E-state index contributed by atoms with van der Waals surface area (Å²) < 4.78 is 28.5. The maximum atomic E-state index is 12.9. The van der Waals surface area contributed by atoms with Crippen LogP contribution in [0.3, 0.4) is 0 Å². The molecule has 1 aromatic carbocycles. The molecule has 4 rings (SSSR count). The van der Waals surface area contributed by atoms with Gasteiger partial charge in [-0.1, -0.05) is 25.5 Å². The number of carbonyl (C=O) groups excluding carboxylic acids is 1. The predicted octanol–water partition coefficient (Wildman–Crippen LogP) is 5.04. The minimum atomic E-state index is -3.72. The van der Waals surface area contributed by atoms with Gasteiger partial charge in [0, 0.05) is 17.3 Å². The van der Waals surface area contributed by atoms with Gasteiger partial charge in [-0.3, -0.25) is 0 Å². The van der Waals surface area contributed by atoms with Gasteiger partial charge in [-0.15, -0.1) is 0 Å². The Hall–Kier alpha value is -2.32. The third-order valence-electron chi connectivity index (χ3n) is 6.70. The van der Waals surface area contributed by atoms with E-state index in [-0.39, 0.29) is 5.09 Å². The molecule has 1 saturated carbocycles. The first-order valence-corrected chi connectivity index (χ1v) is 12.5.